The minimum absolute atomic E-state index is 0.0816. The van der Waals surface area contributed by atoms with Crippen molar-refractivity contribution >= 4 is 5.91 Å². The number of nitrogens with one attached hydrogen (secondary N) is 1. The van der Waals surface area contributed by atoms with Gasteiger partial charge in [0.2, 0.25) is 5.91 Å². The van der Waals surface area contributed by atoms with Crippen molar-refractivity contribution in [3.05, 3.63) is 0 Å². The summed E-state index contributed by atoms with van der Waals surface area (Å²) in [6.07, 6.45) is 9.89. The minimum atomic E-state index is -0.0816. The van der Waals surface area contributed by atoms with Crippen molar-refractivity contribution in [2.45, 2.75) is 64.7 Å². The van der Waals surface area contributed by atoms with E-state index in [1.165, 1.54) is 32.1 Å². The van der Waals surface area contributed by atoms with E-state index in [2.05, 4.69) is 12.3 Å². The second kappa shape index (κ2) is 13.5. The van der Waals surface area contributed by atoms with Crippen LogP contribution in [-0.4, -0.2) is 19.1 Å². The zero-order valence-corrected chi connectivity index (χ0v) is 11.2. The molecular weight excluding hydrogens is 216 g/mol. The summed E-state index contributed by atoms with van der Waals surface area (Å²) in [5.41, 5.74) is 2.13. The maximum absolute atomic E-state index is 10.8. The summed E-state index contributed by atoms with van der Waals surface area (Å²) in [4.78, 5) is 10.8. The van der Waals surface area contributed by atoms with Gasteiger partial charge in [0.25, 0.3) is 0 Å². The number of amides is 1. The molecule has 0 aliphatic rings. The van der Waals surface area contributed by atoms with Gasteiger partial charge in [0.05, 0.1) is 0 Å². The zero-order valence-electron chi connectivity index (χ0n) is 11.2. The van der Waals surface area contributed by atoms with Crippen molar-refractivity contribution in [1.29, 1.82) is 0 Å². The van der Waals surface area contributed by atoms with Gasteiger partial charge in [0, 0.05) is 19.6 Å². The first-order valence-electron chi connectivity index (χ1n) is 6.88. The van der Waals surface area contributed by atoms with Gasteiger partial charge >= 0.3 is 0 Å². The highest BCUT2D eigenvalue weighted by Gasteiger charge is 1.97. The predicted molar refractivity (Wildman–Crippen MR) is 70.4 cm³/mol. The molecule has 0 aliphatic heterocycles. The molecule has 4 nitrogen and oxygen atoms in total. The fourth-order valence-corrected chi connectivity index (χ4v) is 1.65. The molecular formula is C13H28N2O2. The van der Waals surface area contributed by atoms with Gasteiger partial charge in [-0.25, -0.2) is 5.84 Å². The molecule has 0 saturated heterocycles. The standard InChI is InChI=1S/C13H28N2O2/c1-2-3-4-5-8-11-17-12-9-6-7-10-13(16)15-14/h2-12,14H2,1H3,(H,15,16). The third kappa shape index (κ3) is 13.3. The number of rotatable bonds is 12. The number of carbonyl (C=O) groups excluding carboxylic acids is 1. The molecule has 4 heteroatoms. The Balaban J connectivity index is 2.96. The normalized spacial score (nSPS) is 10.5. The molecule has 1 amide bonds. The summed E-state index contributed by atoms with van der Waals surface area (Å²) in [7, 11) is 0. The van der Waals surface area contributed by atoms with Crippen LogP contribution in [0.25, 0.3) is 0 Å². The van der Waals surface area contributed by atoms with Crippen molar-refractivity contribution in [2.24, 2.45) is 5.84 Å². The largest absolute Gasteiger partial charge is 0.381 e. The van der Waals surface area contributed by atoms with Gasteiger partial charge in [0.1, 0.15) is 0 Å². The molecule has 3 N–H and O–H groups in total. The molecule has 0 spiro atoms. The van der Waals surface area contributed by atoms with E-state index < -0.39 is 0 Å². The van der Waals surface area contributed by atoms with Gasteiger partial charge in [0.15, 0.2) is 0 Å². The van der Waals surface area contributed by atoms with Crippen LogP contribution in [0.2, 0.25) is 0 Å². The first kappa shape index (κ1) is 16.4. The van der Waals surface area contributed by atoms with Gasteiger partial charge in [-0.1, -0.05) is 39.0 Å². The van der Waals surface area contributed by atoms with Crippen LogP contribution in [0.4, 0.5) is 0 Å². The van der Waals surface area contributed by atoms with E-state index >= 15 is 0 Å². The first-order valence-corrected chi connectivity index (χ1v) is 6.88. The highest BCUT2D eigenvalue weighted by Crippen LogP contribution is 2.03. The maximum atomic E-state index is 10.8. The topological polar surface area (TPSA) is 64.3 Å². The lowest BCUT2D eigenvalue weighted by atomic mass is 10.2. The Kier molecular flexibility index (Phi) is 13.0. The fraction of sp³-hybridized carbons (Fsp3) is 0.923. The SMILES string of the molecule is CCCCCCCOCCCCCC(=O)NN. The second-order valence-electron chi connectivity index (χ2n) is 4.40. The van der Waals surface area contributed by atoms with E-state index in [9.17, 15) is 4.79 Å². The third-order valence-corrected chi connectivity index (χ3v) is 2.75. The number of carbonyl (C=O) groups is 1. The number of hydrogen-bond acceptors (Lipinski definition) is 3. The minimum Gasteiger partial charge on any atom is -0.381 e. The van der Waals surface area contributed by atoms with Crippen LogP contribution < -0.4 is 11.3 Å². The van der Waals surface area contributed by atoms with Crippen molar-refractivity contribution in [1.82, 2.24) is 5.43 Å². The molecule has 0 heterocycles. The average molecular weight is 244 g/mol. The van der Waals surface area contributed by atoms with Gasteiger partial charge in [-0.2, -0.15) is 0 Å². The maximum Gasteiger partial charge on any atom is 0.233 e. The summed E-state index contributed by atoms with van der Waals surface area (Å²) in [6, 6.07) is 0. The quantitative estimate of drug-likeness (QED) is 0.240. The summed E-state index contributed by atoms with van der Waals surface area (Å²) >= 11 is 0. The van der Waals surface area contributed by atoms with Gasteiger partial charge < -0.3 is 4.74 Å². The lowest BCUT2D eigenvalue weighted by Gasteiger charge is -2.04. The number of hydrogen-bond donors (Lipinski definition) is 2. The molecule has 0 aromatic carbocycles. The summed E-state index contributed by atoms with van der Waals surface area (Å²) < 4.78 is 5.52. The lowest BCUT2D eigenvalue weighted by molar-refractivity contribution is -0.121. The number of ether oxygens (including phenoxy) is 1. The molecule has 0 saturated carbocycles. The van der Waals surface area contributed by atoms with Crippen molar-refractivity contribution in [3.8, 4) is 0 Å². The monoisotopic (exact) mass is 244 g/mol. The molecule has 0 aliphatic carbocycles. The van der Waals surface area contributed by atoms with E-state index in [4.69, 9.17) is 10.6 Å². The lowest BCUT2D eigenvalue weighted by Crippen LogP contribution is -2.29. The highest BCUT2D eigenvalue weighted by atomic mass is 16.5. The average Bonchev–Trinajstić information content (AvgIpc) is 2.35. The van der Waals surface area contributed by atoms with Crippen LogP contribution >= 0.6 is 0 Å². The van der Waals surface area contributed by atoms with Gasteiger partial charge in [-0.3, -0.25) is 10.2 Å². The third-order valence-electron chi connectivity index (χ3n) is 2.75. The molecule has 0 atom stereocenters. The van der Waals surface area contributed by atoms with Crippen LogP contribution in [0.15, 0.2) is 0 Å². The second-order valence-corrected chi connectivity index (χ2v) is 4.40. The fourth-order valence-electron chi connectivity index (χ4n) is 1.65. The Morgan fingerprint density at radius 2 is 1.59 bits per heavy atom. The van der Waals surface area contributed by atoms with E-state index in [-0.39, 0.29) is 5.91 Å². The molecule has 0 radical (unpaired) electrons. The Morgan fingerprint density at radius 1 is 1.00 bits per heavy atom. The Hall–Kier alpha value is -0.610. The van der Waals surface area contributed by atoms with Crippen LogP contribution in [0.5, 0.6) is 0 Å². The molecule has 102 valence electrons. The van der Waals surface area contributed by atoms with Crippen LogP contribution in [0, 0.1) is 0 Å². The number of hydrazine groups is 1. The van der Waals surface area contributed by atoms with Crippen molar-refractivity contribution in [3.63, 3.8) is 0 Å². The Labute approximate surface area is 105 Å². The van der Waals surface area contributed by atoms with Gasteiger partial charge in [-0.05, 0) is 19.3 Å². The number of nitrogens with two attached hydrogens (primary N) is 1. The highest BCUT2D eigenvalue weighted by molar-refractivity contribution is 5.74. The van der Waals surface area contributed by atoms with Crippen LogP contribution in [-0.2, 0) is 9.53 Å². The van der Waals surface area contributed by atoms with Crippen molar-refractivity contribution in [2.75, 3.05) is 13.2 Å². The smallest absolute Gasteiger partial charge is 0.233 e. The molecule has 0 bridgehead atoms. The molecule has 0 unspecified atom stereocenters. The molecule has 0 fully saturated rings. The zero-order chi connectivity index (χ0) is 12.8. The van der Waals surface area contributed by atoms with E-state index in [0.29, 0.717) is 6.42 Å². The van der Waals surface area contributed by atoms with Crippen molar-refractivity contribution < 1.29 is 9.53 Å². The molecule has 0 aromatic rings. The van der Waals surface area contributed by atoms with Crippen LogP contribution in [0.3, 0.4) is 0 Å². The molecule has 17 heavy (non-hydrogen) atoms. The summed E-state index contributed by atoms with van der Waals surface area (Å²) in [5, 5.41) is 0. The molecule has 0 rings (SSSR count). The first-order chi connectivity index (χ1) is 8.31. The van der Waals surface area contributed by atoms with E-state index in [0.717, 1.165) is 32.5 Å². The van der Waals surface area contributed by atoms with Crippen LogP contribution in [0.1, 0.15) is 64.7 Å². The summed E-state index contributed by atoms with van der Waals surface area (Å²) in [5.74, 6) is 4.90. The van der Waals surface area contributed by atoms with E-state index in [1.807, 2.05) is 0 Å². The molecule has 0 aromatic heterocycles. The summed E-state index contributed by atoms with van der Waals surface area (Å²) in [6.45, 7) is 3.92. The van der Waals surface area contributed by atoms with Gasteiger partial charge in [-0.15, -0.1) is 0 Å². The Morgan fingerprint density at radius 3 is 2.18 bits per heavy atom. The Bertz CT molecular complexity index is 175. The predicted octanol–water partition coefficient (Wildman–Crippen LogP) is 2.52. The van der Waals surface area contributed by atoms with E-state index in [1.54, 1.807) is 0 Å². The number of unbranched alkanes of at least 4 members (excludes halogenated alkanes) is 6.